The molecule has 2 aromatic heterocycles. The van der Waals surface area contributed by atoms with Crippen LogP contribution in [0.1, 0.15) is 67.4 Å². The quantitative estimate of drug-likeness (QED) is 0.263. The van der Waals surface area contributed by atoms with E-state index in [9.17, 15) is 28.8 Å². The van der Waals surface area contributed by atoms with Crippen LogP contribution < -0.4 is 21.3 Å². The minimum Gasteiger partial charge on any atom is -0.361 e. The van der Waals surface area contributed by atoms with Gasteiger partial charge in [-0.2, -0.15) is 0 Å². The zero-order valence-corrected chi connectivity index (χ0v) is 23.7. The summed E-state index contributed by atoms with van der Waals surface area (Å²) in [6.07, 6.45) is 4.19. The van der Waals surface area contributed by atoms with Crippen LogP contribution in [0.4, 0.5) is 0 Å². The highest BCUT2D eigenvalue weighted by Crippen LogP contribution is 2.25. The molecule has 14 nitrogen and oxygen atoms in total. The number of Topliss-reactive ketones (excluding diaryl/α,β-unsaturated/α-hetero) is 1. The summed E-state index contributed by atoms with van der Waals surface area (Å²) in [6, 6.07) is 0.959. The maximum atomic E-state index is 13.9. The Balaban J connectivity index is 1.53. The molecule has 4 N–H and O–H groups in total. The zero-order chi connectivity index (χ0) is 30.4. The van der Waals surface area contributed by atoms with Gasteiger partial charge in [0.25, 0.3) is 17.7 Å². The second-order valence-corrected chi connectivity index (χ2v) is 10.8. The van der Waals surface area contributed by atoms with Gasteiger partial charge >= 0.3 is 0 Å². The highest BCUT2D eigenvalue weighted by molar-refractivity contribution is 6.38. The standard InChI is InChI=1S/C28H35N7O7/c1-15(2)31-27(40)23(36)19(13-17-8-10-30-24(17)37)32-26(39)21-7-5-11-35(21)28(41)22(18-6-4-9-29-14-18)33-25(38)20-12-16(3)42-34-20/h4,6,9,12,14-15,17,19,21-22H,5,7-8,10-11,13H2,1-3H3,(H,30,37)(H,31,40)(H,32,39)(H,33,38). The van der Waals surface area contributed by atoms with Crippen molar-refractivity contribution in [2.24, 2.45) is 5.92 Å². The first-order valence-electron chi connectivity index (χ1n) is 13.9. The van der Waals surface area contributed by atoms with E-state index in [4.69, 9.17) is 4.52 Å². The third-order valence-corrected chi connectivity index (χ3v) is 7.20. The minimum atomic E-state index is -1.26. The van der Waals surface area contributed by atoms with Crippen molar-refractivity contribution in [2.45, 2.75) is 70.6 Å². The van der Waals surface area contributed by atoms with Gasteiger partial charge < -0.3 is 30.7 Å². The van der Waals surface area contributed by atoms with Gasteiger partial charge in [0, 0.05) is 49.1 Å². The van der Waals surface area contributed by atoms with E-state index in [-0.39, 0.29) is 30.6 Å². The van der Waals surface area contributed by atoms with Crippen molar-refractivity contribution < 1.29 is 33.3 Å². The number of likely N-dealkylation sites (tertiary alicyclic amines) is 1. The molecule has 4 unspecified atom stereocenters. The Hall–Kier alpha value is -4.62. The molecular formula is C28H35N7O7. The van der Waals surface area contributed by atoms with E-state index < -0.39 is 53.5 Å². The van der Waals surface area contributed by atoms with E-state index in [2.05, 4.69) is 31.4 Å². The van der Waals surface area contributed by atoms with Crippen molar-refractivity contribution in [3.8, 4) is 0 Å². The number of aryl methyl sites for hydroxylation is 1. The van der Waals surface area contributed by atoms with Crippen LogP contribution in [0, 0.1) is 12.8 Å². The largest absolute Gasteiger partial charge is 0.361 e. The van der Waals surface area contributed by atoms with Crippen LogP contribution in [0.25, 0.3) is 0 Å². The minimum absolute atomic E-state index is 0.0121. The molecule has 0 aliphatic carbocycles. The molecule has 2 fully saturated rings. The predicted molar refractivity (Wildman–Crippen MR) is 146 cm³/mol. The third kappa shape index (κ3) is 7.17. The summed E-state index contributed by atoms with van der Waals surface area (Å²) in [5.41, 5.74) is 0.384. The number of carbonyl (C=O) groups is 6. The van der Waals surface area contributed by atoms with Crippen LogP contribution in [0.5, 0.6) is 0 Å². The SMILES string of the molecule is Cc1cc(C(=O)NC(C(=O)N2CCCC2C(=O)NC(CC2CCNC2=O)C(=O)C(=O)NC(C)C)c2cccnc2)no1. The zero-order valence-electron chi connectivity index (χ0n) is 23.7. The van der Waals surface area contributed by atoms with Gasteiger partial charge in [0.05, 0.1) is 6.04 Å². The van der Waals surface area contributed by atoms with Crippen LogP contribution in [0.2, 0.25) is 0 Å². The van der Waals surface area contributed by atoms with Gasteiger partial charge in [-0.3, -0.25) is 33.8 Å². The highest BCUT2D eigenvalue weighted by atomic mass is 16.5. The van der Waals surface area contributed by atoms with Crippen LogP contribution in [-0.2, 0) is 24.0 Å². The molecule has 2 aliphatic heterocycles. The first-order chi connectivity index (χ1) is 20.0. The normalized spacial score (nSPS) is 19.6. The maximum absolute atomic E-state index is 13.9. The van der Waals surface area contributed by atoms with Crippen LogP contribution in [0.3, 0.4) is 0 Å². The number of pyridine rings is 1. The topological polar surface area (TPSA) is 193 Å². The van der Waals surface area contributed by atoms with Gasteiger partial charge in [-0.05, 0) is 52.5 Å². The molecule has 2 aliphatic rings. The van der Waals surface area contributed by atoms with Gasteiger partial charge in [0.15, 0.2) is 5.69 Å². The Bertz CT molecular complexity index is 1340. The van der Waals surface area contributed by atoms with Crippen LogP contribution in [0.15, 0.2) is 35.1 Å². The Morgan fingerprint density at radius 2 is 1.93 bits per heavy atom. The molecule has 4 rings (SSSR count). The summed E-state index contributed by atoms with van der Waals surface area (Å²) in [5, 5.41) is 14.3. The molecule has 0 bridgehead atoms. The molecule has 42 heavy (non-hydrogen) atoms. The smallest absolute Gasteiger partial charge is 0.289 e. The van der Waals surface area contributed by atoms with Gasteiger partial charge in [-0.25, -0.2) is 0 Å². The van der Waals surface area contributed by atoms with E-state index >= 15 is 0 Å². The van der Waals surface area contributed by atoms with Crippen molar-refractivity contribution in [1.29, 1.82) is 0 Å². The highest BCUT2D eigenvalue weighted by Gasteiger charge is 2.41. The van der Waals surface area contributed by atoms with Gasteiger partial charge in [-0.1, -0.05) is 11.2 Å². The summed E-state index contributed by atoms with van der Waals surface area (Å²) >= 11 is 0. The van der Waals surface area contributed by atoms with E-state index in [1.807, 2.05) is 0 Å². The fourth-order valence-electron chi connectivity index (χ4n) is 5.13. The Kier molecular flexibility index (Phi) is 9.65. The van der Waals surface area contributed by atoms with E-state index in [0.717, 1.165) is 0 Å². The lowest BCUT2D eigenvalue weighted by molar-refractivity contribution is -0.143. The first kappa shape index (κ1) is 30.3. The second-order valence-electron chi connectivity index (χ2n) is 10.8. The first-order valence-corrected chi connectivity index (χ1v) is 13.9. The van der Waals surface area contributed by atoms with Gasteiger partial charge in [-0.15, -0.1) is 0 Å². The van der Waals surface area contributed by atoms with Crippen molar-refractivity contribution in [1.82, 2.24) is 36.3 Å². The van der Waals surface area contributed by atoms with E-state index in [1.54, 1.807) is 32.9 Å². The lowest BCUT2D eigenvalue weighted by Crippen LogP contribution is -2.55. The number of hydrogen-bond donors (Lipinski definition) is 4. The average molecular weight is 582 g/mol. The molecule has 4 heterocycles. The van der Waals surface area contributed by atoms with Crippen LogP contribution in [-0.4, -0.2) is 81.6 Å². The summed E-state index contributed by atoms with van der Waals surface area (Å²) < 4.78 is 4.98. The van der Waals surface area contributed by atoms with Crippen molar-refractivity contribution in [3.05, 3.63) is 47.6 Å². The number of carbonyl (C=O) groups excluding carboxylic acids is 6. The Labute approximate surface area is 242 Å². The monoisotopic (exact) mass is 581 g/mol. The summed E-state index contributed by atoms with van der Waals surface area (Å²) in [6.45, 7) is 5.70. The molecule has 224 valence electrons. The molecule has 14 heteroatoms. The lowest BCUT2D eigenvalue weighted by atomic mass is 9.95. The van der Waals surface area contributed by atoms with Gasteiger partial charge in [0.2, 0.25) is 17.6 Å². The molecule has 0 saturated carbocycles. The van der Waals surface area contributed by atoms with Crippen LogP contribution >= 0.6 is 0 Å². The summed E-state index contributed by atoms with van der Waals surface area (Å²) in [5.74, 6) is -3.93. The molecule has 2 saturated heterocycles. The fraction of sp³-hybridized carbons (Fsp3) is 0.500. The number of hydrogen-bond acceptors (Lipinski definition) is 9. The summed E-state index contributed by atoms with van der Waals surface area (Å²) in [7, 11) is 0. The number of nitrogens with one attached hydrogen (secondary N) is 4. The molecule has 4 atom stereocenters. The van der Waals surface area contributed by atoms with E-state index in [0.29, 0.717) is 37.1 Å². The Morgan fingerprint density at radius 3 is 2.55 bits per heavy atom. The number of rotatable bonds is 11. The predicted octanol–water partition coefficient (Wildman–Crippen LogP) is -0.0552. The summed E-state index contributed by atoms with van der Waals surface area (Å²) in [4.78, 5) is 83.6. The Morgan fingerprint density at radius 1 is 1.14 bits per heavy atom. The average Bonchev–Trinajstić information content (AvgIpc) is 3.72. The van der Waals surface area contributed by atoms with Gasteiger partial charge in [0.1, 0.15) is 17.8 Å². The number of amides is 5. The maximum Gasteiger partial charge on any atom is 0.289 e. The van der Waals surface area contributed by atoms with Crippen molar-refractivity contribution >= 4 is 35.3 Å². The number of nitrogens with zero attached hydrogens (tertiary/aromatic N) is 3. The molecular weight excluding hydrogens is 546 g/mol. The fourth-order valence-corrected chi connectivity index (χ4v) is 5.13. The number of ketones is 1. The molecule has 0 radical (unpaired) electrons. The van der Waals surface area contributed by atoms with Crippen molar-refractivity contribution in [3.63, 3.8) is 0 Å². The van der Waals surface area contributed by atoms with Crippen molar-refractivity contribution in [2.75, 3.05) is 13.1 Å². The van der Waals surface area contributed by atoms with E-state index in [1.165, 1.54) is 23.4 Å². The number of aromatic nitrogens is 2. The second kappa shape index (κ2) is 13.4. The molecule has 5 amide bonds. The molecule has 0 spiro atoms. The molecule has 0 aromatic carbocycles. The molecule has 2 aromatic rings. The third-order valence-electron chi connectivity index (χ3n) is 7.20. The lowest BCUT2D eigenvalue weighted by Gasteiger charge is -2.30.